The summed E-state index contributed by atoms with van der Waals surface area (Å²) >= 11 is 1.64. The van der Waals surface area contributed by atoms with Gasteiger partial charge in [0.2, 0.25) is 5.82 Å². The Morgan fingerprint density at radius 2 is 2.08 bits per heavy atom. The van der Waals surface area contributed by atoms with Crippen molar-refractivity contribution in [1.82, 2.24) is 40.1 Å². The number of imidazole rings is 1. The molecule has 5 rings (SSSR count). The van der Waals surface area contributed by atoms with Crippen molar-refractivity contribution in [3.63, 3.8) is 0 Å². The Hall–Kier alpha value is -3.20. The number of aromatic nitrogens is 8. The van der Waals surface area contributed by atoms with Gasteiger partial charge in [-0.2, -0.15) is 5.21 Å². The van der Waals surface area contributed by atoms with E-state index >= 15 is 0 Å². The van der Waals surface area contributed by atoms with Crippen molar-refractivity contribution in [3.05, 3.63) is 47.9 Å². The quantitative estimate of drug-likeness (QED) is 0.543. The number of hydrogen-bond donors (Lipinski definition) is 1. The SMILES string of the molecule is c1nc2ccc(Cn3cnc4cc(-c5nn[nH]n5)cnc43)cc2s1. The molecule has 0 saturated heterocycles. The predicted octanol–water partition coefficient (Wildman–Crippen LogP) is 2.27. The summed E-state index contributed by atoms with van der Waals surface area (Å²) in [7, 11) is 0. The van der Waals surface area contributed by atoms with Crippen molar-refractivity contribution in [2.75, 3.05) is 0 Å². The first-order valence-corrected chi connectivity index (χ1v) is 8.11. The molecule has 0 amide bonds. The fourth-order valence-corrected chi connectivity index (χ4v) is 3.41. The number of benzene rings is 1. The summed E-state index contributed by atoms with van der Waals surface area (Å²) < 4.78 is 3.21. The van der Waals surface area contributed by atoms with E-state index in [1.54, 1.807) is 23.9 Å². The molecule has 0 atom stereocenters. The van der Waals surface area contributed by atoms with Gasteiger partial charge in [0, 0.05) is 11.8 Å². The minimum Gasteiger partial charge on any atom is -0.311 e. The topological polar surface area (TPSA) is 98.1 Å². The van der Waals surface area contributed by atoms with E-state index in [2.05, 4.69) is 47.7 Å². The van der Waals surface area contributed by atoms with Gasteiger partial charge in [-0.3, -0.25) is 0 Å². The van der Waals surface area contributed by atoms with Crippen LogP contribution in [-0.4, -0.2) is 40.1 Å². The standard InChI is InChI=1S/C15H10N8S/c1-2-11-13(24-8-18-11)3-9(1)6-23-7-17-12-4-10(5-16-15(12)23)14-19-21-22-20-14/h1-5,7-8H,6H2,(H,19,20,21,22). The second kappa shape index (κ2) is 5.17. The van der Waals surface area contributed by atoms with Crippen molar-refractivity contribution in [2.45, 2.75) is 6.54 Å². The number of hydrogen-bond acceptors (Lipinski definition) is 7. The maximum absolute atomic E-state index is 4.51. The molecular formula is C15H10N8S. The highest BCUT2D eigenvalue weighted by Gasteiger charge is 2.10. The summed E-state index contributed by atoms with van der Waals surface area (Å²) in [6.45, 7) is 0.707. The van der Waals surface area contributed by atoms with Crippen molar-refractivity contribution >= 4 is 32.7 Å². The number of H-pyrrole nitrogens is 1. The van der Waals surface area contributed by atoms with Gasteiger partial charge in [-0.15, -0.1) is 21.5 Å². The Labute approximate surface area is 139 Å². The highest BCUT2D eigenvalue weighted by molar-refractivity contribution is 7.16. The first-order valence-electron chi connectivity index (χ1n) is 7.24. The molecule has 0 aliphatic heterocycles. The lowest BCUT2D eigenvalue weighted by atomic mass is 10.2. The van der Waals surface area contributed by atoms with Gasteiger partial charge in [0.1, 0.15) is 5.52 Å². The number of aromatic amines is 1. The van der Waals surface area contributed by atoms with Gasteiger partial charge >= 0.3 is 0 Å². The molecule has 5 aromatic rings. The minimum atomic E-state index is 0.509. The van der Waals surface area contributed by atoms with Gasteiger partial charge in [-0.1, -0.05) is 6.07 Å². The molecule has 0 bridgehead atoms. The molecule has 1 N–H and O–H groups in total. The average molecular weight is 334 g/mol. The van der Waals surface area contributed by atoms with Crippen molar-refractivity contribution in [3.8, 4) is 11.4 Å². The number of fused-ring (bicyclic) bond motifs is 2. The maximum atomic E-state index is 4.51. The highest BCUT2D eigenvalue weighted by Crippen LogP contribution is 2.22. The van der Waals surface area contributed by atoms with E-state index < -0.39 is 0 Å². The first kappa shape index (κ1) is 13.3. The molecular weight excluding hydrogens is 324 g/mol. The minimum absolute atomic E-state index is 0.509. The van der Waals surface area contributed by atoms with Gasteiger partial charge in [-0.05, 0) is 29.0 Å². The summed E-state index contributed by atoms with van der Waals surface area (Å²) in [6, 6.07) is 8.20. The van der Waals surface area contributed by atoms with E-state index in [0.29, 0.717) is 12.4 Å². The van der Waals surface area contributed by atoms with Crippen molar-refractivity contribution in [2.24, 2.45) is 0 Å². The highest BCUT2D eigenvalue weighted by atomic mass is 32.1. The van der Waals surface area contributed by atoms with Gasteiger partial charge in [0.25, 0.3) is 0 Å². The Kier molecular flexibility index (Phi) is 2.85. The number of tetrazole rings is 1. The molecule has 0 unspecified atom stereocenters. The molecule has 8 nitrogen and oxygen atoms in total. The molecule has 24 heavy (non-hydrogen) atoms. The second-order valence-electron chi connectivity index (χ2n) is 5.33. The summed E-state index contributed by atoms with van der Waals surface area (Å²) in [6.07, 6.45) is 3.53. The predicted molar refractivity (Wildman–Crippen MR) is 89.4 cm³/mol. The summed E-state index contributed by atoms with van der Waals surface area (Å²) in [5, 5.41) is 13.9. The van der Waals surface area contributed by atoms with Crippen LogP contribution in [0.15, 0.2) is 42.3 Å². The zero-order chi connectivity index (χ0) is 15.9. The molecule has 0 aliphatic carbocycles. The van der Waals surface area contributed by atoms with Crippen LogP contribution in [0.3, 0.4) is 0 Å². The van der Waals surface area contributed by atoms with E-state index in [-0.39, 0.29) is 0 Å². The maximum Gasteiger partial charge on any atom is 0.206 e. The molecule has 0 saturated carbocycles. The van der Waals surface area contributed by atoms with Gasteiger partial charge < -0.3 is 4.57 Å². The smallest absolute Gasteiger partial charge is 0.206 e. The third-order valence-corrected chi connectivity index (χ3v) is 4.60. The number of nitrogens with one attached hydrogen (secondary N) is 1. The number of rotatable bonds is 3. The number of pyridine rings is 1. The van der Waals surface area contributed by atoms with E-state index in [1.165, 1.54) is 10.3 Å². The second-order valence-corrected chi connectivity index (χ2v) is 6.22. The normalized spacial score (nSPS) is 11.5. The van der Waals surface area contributed by atoms with Crippen LogP contribution < -0.4 is 0 Å². The van der Waals surface area contributed by atoms with Crippen LogP contribution in [0.5, 0.6) is 0 Å². The monoisotopic (exact) mass is 334 g/mol. The lowest BCUT2D eigenvalue weighted by Crippen LogP contribution is -1.99. The summed E-state index contributed by atoms with van der Waals surface area (Å²) in [5.74, 6) is 0.509. The first-order chi connectivity index (χ1) is 11.9. The fraction of sp³-hybridized carbons (Fsp3) is 0.0667. The molecule has 0 fully saturated rings. The average Bonchev–Trinajstić information content (AvgIpc) is 3.35. The van der Waals surface area contributed by atoms with E-state index in [9.17, 15) is 0 Å². The van der Waals surface area contributed by atoms with Crippen LogP contribution in [-0.2, 0) is 6.54 Å². The van der Waals surface area contributed by atoms with Crippen LogP contribution in [0, 0.1) is 0 Å². The van der Waals surface area contributed by atoms with Crippen LogP contribution in [0.2, 0.25) is 0 Å². The van der Waals surface area contributed by atoms with E-state index in [4.69, 9.17) is 0 Å². The summed E-state index contributed by atoms with van der Waals surface area (Å²) in [5.41, 5.74) is 6.50. The molecule has 4 aromatic heterocycles. The third kappa shape index (κ3) is 2.14. The van der Waals surface area contributed by atoms with Crippen LogP contribution in [0.4, 0.5) is 0 Å². The molecule has 1 aromatic carbocycles. The fourth-order valence-electron chi connectivity index (χ4n) is 2.67. The van der Waals surface area contributed by atoms with Crippen LogP contribution in [0.25, 0.3) is 32.8 Å². The van der Waals surface area contributed by atoms with Crippen molar-refractivity contribution in [1.29, 1.82) is 0 Å². The van der Waals surface area contributed by atoms with Crippen molar-refractivity contribution < 1.29 is 0 Å². The van der Waals surface area contributed by atoms with Gasteiger partial charge in [-0.25, -0.2) is 15.0 Å². The zero-order valence-corrected chi connectivity index (χ0v) is 13.1. The molecule has 0 radical (unpaired) electrons. The van der Waals surface area contributed by atoms with Crippen LogP contribution in [0.1, 0.15) is 5.56 Å². The Morgan fingerprint density at radius 1 is 1.08 bits per heavy atom. The lowest BCUT2D eigenvalue weighted by Gasteiger charge is -2.04. The Morgan fingerprint density at radius 3 is 3.00 bits per heavy atom. The zero-order valence-electron chi connectivity index (χ0n) is 12.3. The third-order valence-electron chi connectivity index (χ3n) is 3.81. The summed E-state index contributed by atoms with van der Waals surface area (Å²) in [4.78, 5) is 13.3. The lowest BCUT2D eigenvalue weighted by molar-refractivity contribution is 0.815. The number of nitrogens with zero attached hydrogens (tertiary/aromatic N) is 7. The van der Waals surface area contributed by atoms with Gasteiger partial charge in [0.15, 0.2) is 5.65 Å². The Balaban J connectivity index is 1.52. The van der Waals surface area contributed by atoms with E-state index in [1.807, 2.05) is 22.2 Å². The molecule has 9 heteroatoms. The molecule has 0 spiro atoms. The van der Waals surface area contributed by atoms with Crippen LogP contribution >= 0.6 is 11.3 Å². The number of thiazole rings is 1. The molecule has 0 aliphatic rings. The molecule has 116 valence electrons. The van der Waals surface area contributed by atoms with E-state index in [0.717, 1.165) is 22.2 Å². The molecule has 4 heterocycles. The Bertz CT molecular complexity index is 1140. The van der Waals surface area contributed by atoms with Gasteiger partial charge in [0.05, 0.1) is 28.6 Å². The largest absolute Gasteiger partial charge is 0.311 e.